The Morgan fingerprint density at radius 2 is 0.887 bits per heavy atom. The first-order valence-corrected chi connectivity index (χ1v) is 27.7. The molecule has 2 unspecified atom stereocenters. The Hall–Kier alpha value is -5.88. The molecule has 0 radical (unpaired) electrons. The van der Waals surface area contributed by atoms with Crippen molar-refractivity contribution >= 4 is 47.8 Å². The summed E-state index contributed by atoms with van der Waals surface area (Å²) in [6.07, 6.45) is -2.96. The van der Waals surface area contributed by atoms with Crippen LogP contribution in [0.5, 0.6) is 11.5 Å². The zero-order valence-corrected chi connectivity index (χ0v) is 42.6. The summed E-state index contributed by atoms with van der Waals surface area (Å²) in [6, 6.07) is 62.6. The minimum atomic E-state index is -5.09. The molecule has 2 aliphatic rings. The van der Waals surface area contributed by atoms with Crippen LogP contribution in [-0.4, -0.2) is 51.7 Å². The van der Waals surface area contributed by atoms with Gasteiger partial charge >= 0.3 is 6.18 Å². The van der Waals surface area contributed by atoms with Gasteiger partial charge in [0.05, 0.1) is 62.3 Å². The predicted octanol–water partition coefficient (Wildman–Crippen LogP) is 12.1. The van der Waals surface area contributed by atoms with Gasteiger partial charge in [0.1, 0.15) is 27.4 Å². The summed E-state index contributed by atoms with van der Waals surface area (Å²) in [7, 11) is -6.18. The zero-order chi connectivity index (χ0) is 51.5. The number of rotatable bonds is 11. The third-order valence-corrected chi connectivity index (χ3v) is 18.7. The highest BCUT2D eigenvalue weighted by Gasteiger charge is 2.64. The summed E-state index contributed by atoms with van der Waals surface area (Å²) in [5, 5.41) is 0. The van der Waals surface area contributed by atoms with Crippen molar-refractivity contribution in [2.24, 2.45) is 16.7 Å². The van der Waals surface area contributed by atoms with Crippen molar-refractivity contribution in [1.82, 2.24) is 0 Å². The van der Waals surface area contributed by atoms with Crippen LogP contribution in [0, 0.1) is 16.7 Å². The first-order valence-electron chi connectivity index (χ1n) is 22.2. The summed E-state index contributed by atoms with van der Waals surface area (Å²) >= 11 is 0. The third kappa shape index (κ3) is 13.8. The van der Waals surface area contributed by atoms with Gasteiger partial charge in [-0.15, -0.1) is 0 Å². The molecule has 372 valence electrons. The largest absolute Gasteiger partial charge is 0.748 e. The molecule has 2 aliphatic carbocycles. The van der Waals surface area contributed by atoms with E-state index in [-0.39, 0.29) is 38.9 Å². The van der Waals surface area contributed by atoms with Gasteiger partial charge in [-0.1, -0.05) is 98.8 Å². The third-order valence-electron chi connectivity index (χ3n) is 12.5. The van der Waals surface area contributed by atoms with Gasteiger partial charge in [-0.25, -0.2) is 16.8 Å². The molecule has 7 aromatic carbocycles. The van der Waals surface area contributed by atoms with Gasteiger partial charge in [-0.3, -0.25) is 4.79 Å². The summed E-state index contributed by atoms with van der Waals surface area (Å²) in [4.78, 5) is 18.5. The molecule has 0 N–H and O–H groups in total. The van der Waals surface area contributed by atoms with E-state index in [2.05, 4.69) is 146 Å². The SMILES string of the molecule is CC1(C)C2CCC1(CS(=O)(=O)[O-])C(=O)C2.COc1ccc([S+](c2ccccc2)c2ccccc2)cc1.COc1ccc([S+](c2ccccc2)c2ccccc2)cc1.O=S(=O)([O-])c1ccccc1C(F)(F)F. The topological polar surface area (TPSA) is 150 Å². The number of alkyl halides is 3. The van der Waals surface area contributed by atoms with E-state index in [9.17, 15) is 43.9 Å². The predicted molar refractivity (Wildman–Crippen MR) is 269 cm³/mol. The van der Waals surface area contributed by atoms with E-state index in [1.54, 1.807) is 14.2 Å². The van der Waals surface area contributed by atoms with Crippen LogP contribution in [0.3, 0.4) is 0 Å². The number of hydrogen-bond donors (Lipinski definition) is 0. The summed E-state index contributed by atoms with van der Waals surface area (Å²) in [5.41, 5.74) is -2.66. The van der Waals surface area contributed by atoms with Gasteiger partial charge in [0.25, 0.3) is 0 Å². The van der Waals surface area contributed by atoms with E-state index in [0.717, 1.165) is 30.1 Å². The summed E-state index contributed by atoms with van der Waals surface area (Å²) < 4.78 is 111. The van der Waals surface area contributed by atoms with E-state index >= 15 is 0 Å². The number of methoxy groups -OCH3 is 2. The number of hydrogen-bond acceptors (Lipinski definition) is 9. The normalized spacial score (nSPS) is 16.9. The molecule has 0 spiro atoms. The van der Waals surface area contributed by atoms with E-state index in [4.69, 9.17) is 9.47 Å². The maximum absolute atomic E-state index is 12.2. The lowest BCUT2D eigenvalue weighted by Gasteiger charge is -2.37. The molecule has 0 aromatic heterocycles. The number of Topliss-reactive ketones (excluding diaryl/α,β-unsaturated/α-hetero) is 1. The number of benzene rings is 7. The maximum Gasteiger partial charge on any atom is 0.417 e. The molecule has 2 atom stereocenters. The van der Waals surface area contributed by atoms with Crippen molar-refractivity contribution in [2.75, 3.05) is 20.0 Å². The van der Waals surface area contributed by atoms with E-state index < -0.39 is 48.0 Å². The van der Waals surface area contributed by atoms with Crippen molar-refractivity contribution in [3.8, 4) is 11.5 Å². The van der Waals surface area contributed by atoms with Crippen LogP contribution in [0.15, 0.2) is 228 Å². The summed E-state index contributed by atoms with van der Waals surface area (Å²) in [5.74, 6) is 1.50. The smallest absolute Gasteiger partial charge is 0.417 e. The molecule has 71 heavy (non-hydrogen) atoms. The van der Waals surface area contributed by atoms with Gasteiger partial charge in [-0.05, 0) is 133 Å². The van der Waals surface area contributed by atoms with Crippen molar-refractivity contribution in [3.63, 3.8) is 0 Å². The van der Waals surface area contributed by atoms with Gasteiger partial charge in [-0.2, -0.15) is 13.2 Å². The lowest BCUT2D eigenvalue weighted by molar-refractivity contribution is -0.140. The van der Waals surface area contributed by atoms with Crippen molar-refractivity contribution in [2.45, 2.75) is 73.6 Å². The second-order valence-corrected chi connectivity index (χ2v) is 23.8. The van der Waals surface area contributed by atoms with E-state index in [0.29, 0.717) is 25.0 Å². The molecule has 0 heterocycles. The highest BCUT2D eigenvalue weighted by atomic mass is 32.2. The van der Waals surface area contributed by atoms with Crippen LogP contribution in [0.4, 0.5) is 13.2 Å². The fourth-order valence-electron chi connectivity index (χ4n) is 8.80. The van der Waals surface area contributed by atoms with Gasteiger partial charge in [0.15, 0.2) is 29.4 Å². The molecule has 9 rings (SSSR count). The van der Waals surface area contributed by atoms with Crippen molar-refractivity contribution in [3.05, 3.63) is 200 Å². The van der Waals surface area contributed by atoms with Crippen LogP contribution in [0.25, 0.3) is 0 Å². The number of halogens is 3. The van der Waals surface area contributed by atoms with Crippen molar-refractivity contribution in [1.29, 1.82) is 0 Å². The molecule has 2 bridgehead atoms. The van der Waals surface area contributed by atoms with Gasteiger partial charge in [0.2, 0.25) is 0 Å². The van der Waals surface area contributed by atoms with Crippen LogP contribution in [-0.2, 0) is 53.0 Å². The lowest BCUT2D eigenvalue weighted by atomic mass is 9.70. The number of fused-ring (bicyclic) bond motifs is 2. The number of ether oxygens (including phenoxy) is 2. The first kappa shape index (κ1) is 54.5. The number of ketones is 1. The highest BCUT2D eigenvalue weighted by Crippen LogP contribution is 2.64. The Labute approximate surface area is 420 Å². The zero-order valence-electron chi connectivity index (χ0n) is 39.3. The Bertz CT molecular complexity index is 2830. The Morgan fingerprint density at radius 1 is 0.549 bits per heavy atom. The molecule has 0 amide bonds. The standard InChI is InChI=1S/2C19H17OS.C10H16O4S.C7H5F3O3S/c2*1-20-16-12-14-19(15-13-16)21(17-8-4-2-5-9-17)18-10-6-3-7-11-18;1-9(2)7-3-4-10(9,8(11)5-7)6-15(12,13)14;8-7(9,10)5-3-1-2-4-6(5)14(11,12)13/h2*2-15H,1H3;7H,3-6H2,1-2H3,(H,12,13,14);1-4H,(H,11,12,13)/q2*+1;;/p-2. The van der Waals surface area contributed by atoms with Crippen LogP contribution in [0.2, 0.25) is 0 Å². The second kappa shape index (κ2) is 23.6. The number of carbonyl (C=O) groups is 1. The molecule has 9 nitrogen and oxygen atoms in total. The van der Waals surface area contributed by atoms with Gasteiger partial charge in [0, 0.05) is 11.8 Å². The molecular weight excluding hydrogens is 990 g/mol. The van der Waals surface area contributed by atoms with Crippen LogP contribution >= 0.6 is 0 Å². The minimum absolute atomic E-state index is 0.0248. The van der Waals surface area contributed by atoms with Crippen LogP contribution < -0.4 is 9.47 Å². The van der Waals surface area contributed by atoms with E-state index in [1.807, 2.05) is 38.1 Å². The second-order valence-electron chi connectivity index (χ2n) is 17.0. The maximum atomic E-state index is 12.2. The molecule has 16 heteroatoms. The highest BCUT2D eigenvalue weighted by molar-refractivity contribution is 7.97. The van der Waals surface area contributed by atoms with Gasteiger partial charge < -0.3 is 18.6 Å². The van der Waals surface area contributed by atoms with E-state index in [1.165, 1.54) is 29.4 Å². The first-order chi connectivity index (χ1) is 33.7. The quantitative estimate of drug-likeness (QED) is 0.0911. The average Bonchev–Trinajstić information content (AvgIpc) is 3.70. The van der Waals surface area contributed by atoms with Crippen molar-refractivity contribution < 1.29 is 53.4 Å². The summed E-state index contributed by atoms with van der Waals surface area (Å²) in [6.45, 7) is 3.83. The Morgan fingerprint density at radius 3 is 1.15 bits per heavy atom. The number of carbonyl (C=O) groups excluding carboxylic acids is 1. The lowest BCUT2D eigenvalue weighted by Crippen LogP contribution is -2.42. The molecular formula is C55H53F3O9S4. The Kier molecular flexibility index (Phi) is 18.1. The average molecular weight is 1040 g/mol. The van der Waals surface area contributed by atoms with Crippen LogP contribution in [0.1, 0.15) is 38.7 Å². The molecule has 0 saturated heterocycles. The Balaban J connectivity index is 0.000000158. The molecule has 7 aromatic rings. The monoisotopic (exact) mass is 1040 g/mol. The molecule has 2 fully saturated rings. The molecule has 0 aliphatic heterocycles. The molecule has 2 saturated carbocycles. The fraction of sp³-hybridized carbons (Fsp3) is 0.218. The fourth-order valence-corrected chi connectivity index (χ4v) is 14.9. The minimum Gasteiger partial charge on any atom is -0.748 e.